The molecule has 0 saturated heterocycles. The Morgan fingerprint density at radius 1 is 1.19 bits per heavy atom. The molecule has 11 nitrogen and oxygen atoms in total. The van der Waals surface area contributed by atoms with Crippen LogP contribution in [-0.4, -0.2) is 62.5 Å². The van der Waals surface area contributed by atoms with Crippen LogP contribution in [0.3, 0.4) is 0 Å². The van der Waals surface area contributed by atoms with Crippen molar-refractivity contribution in [2.24, 2.45) is 0 Å². The molecule has 0 spiro atoms. The Labute approximate surface area is 261 Å². The molecule has 43 heavy (non-hydrogen) atoms. The van der Waals surface area contributed by atoms with Crippen molar-refractivity contribution < 1.29 is 23.3 Å². The Morgan fingerprint density at radius 2 is 1.93 bits per heavy atom. The standard InChI is InChI=1S/C28H38Cl2FN7O4Si/c1-16-23(17(2)38(35-16)15-41-13-14-43(3,4)5)19-11-12-22(33-26(19)31)34-27(39)20(7-6-8-21(29)30)32-28(40)25-24(18-9-10-18)36-42-37-25/h11-12,18,20-21H,6-10,13-15H2,1-5H3,(H,32,40)(H,33,34,39)/t20-/m0/s1. The van der Waals surface area contributed by atoms with E-state index in [1.807, 2.05) is 6.92 Å². The maximum Gasteiger partial charge on any atom is 0.276 e. The van der Waals surface area contributed by atoms with Crippen LogP contribution in [0.1, 0.15) is 65.6 Å². The molecule has 1 atom stereocenters. The third kappa shape index (κ3) is 9.07. The zero-order chi connectivity index (χ0) is 31.3. The summed E-state index contributed by atoms with van der Waals surface area (Å²) in [6.07, 6.45) is 2.89. The van der Waals surface area contributed by atoms with Gasteiger partial charge in [0.25, 0.3) is 5.91 Å². The van der Waals surface area contributed by atoms with Crippen LogP contribution in [0.2, 0.25) is 25.7 Å². The van der Waals surface area contributed by atoms with Crippen molar-refractivity contribution in [2.45, 2.75) is 95.2 Å². The van der Waals surface area contributed by atoms with Crippen LogP contribution in [-0.2, 0) is 16.3 Å². The van der Waals surface area contributed by atoms with Crippen molar-refractivity contribution in [3.8, 4) is 11.1 Å². The summed E-state index contributed by atoms with van der Waals surface area (Å²) in [6.45, 7) is 11.4. The largest absolute Gasteiger partial charge is 0.360 e. The fourth-order valence-corrected chi connectivity index (χ4v) is 5.66. The molecule has 0 radical (unpaired) electrons. The quantitative estimate of drug-likeness (QED) is 0.0884. The molecule has 0 aliphatic heterocycles. The molecule has 4 rings (SSSR count). The summed E-state index contributed by atoms with van der Waals surface area (Å²) >= 11 is 11.7. The number of pyridine rings is 1. The van der Waals surface area contributed by atoms with E-state index < -0.39 is 36.7 Å². The lowest BCUT2D eigenvalue weighted by Crippen LogP contribution is -2.44. The van der Waals surface area contributed by atoms with E-state index in [0.29, 0.717) is 36.4 Å². The molecule has 3 heterocycles. The minimum absolute atomic E-state index is 0.00258. The lowest BCUT2D eigenvalue weighted by molar-refractivity contribution is -0.118. The summed E-state index contributed by atoms with van der Waals surface area (Å²) in [5.74, 6) is -1.80. The third-order valence-electron chi connectivity index (χ3n) is 7.19. The van der Waals surface area contributed by atoms with E-state index in [1.54, 1.807) is 17.7 Å². The number of ether oxygens (including phenoxy) is 1. The number of aryl methyl sites for hydroxylation is 1. The Hall–Kier alpha value is -2.87. The van der Waals surface area contributed by atoms with E-state index in [9.17, 15) is 9.59 Å². The molecule has 3 aromatic heterocycles. The molecule has 234 valence electrons. The lowest BCUT2D eigenvalue weighted by Gasteiger charge is -2.18. The molecule has 0 bridgehead atoms. The first-order valence-electron chi connectivity index (χ1n) is 14.3. The molecule has 3 aromatic rings. The molecule has 1 aliphatic rings. The molecule has 0 aromatic carbocycles. The number of nitrogens with zero attached hydrogens (tertiary/aromatic N) is 5. The summed E-state index contributed by atoms with van der Waals surface area (Å²) < 4.78 is 27.7. The number of carbonyl (C=O) groups is 2. The SMILES string of the molecule is Cc1nn(COCC[Si](C)(C)C)c(C)c1-c1ccc(NC(=O)[C@H](CCCC(Cl)Cl)NC(=O)c2nonc2C2CC2)nc1F. The van der Waals surface area contributed by atoms with Crippen molar-refractivity contribution in [1.82, 2.24) is 30.4 Å². The highest BCUT2D eigenvalue weighted by molar-refractivity contribution is 6.76. The van der Waals surface area contributed by atoms with Crippen LogP contribution in [0.5, 0.6) is 0 Å². The monoisotopic (exact) mass is 653 g/mol. The molecule has 1 fully saturated rings. The molecule has 15 heteroatoms. The fraction of sp³-hybridized carbons (Fsp3) is 0.571. The van der Waals surface area contributed by atoms with Crippen LogP contribution in [0, 0.1) is 19.8 Å². The number of rotatable bonds is 15. The van der Waals surface area contributed by atoms with Crippen LogP contribution in [0.4, 0.5) is 10.2 Å². The molecular weight excluding hydrogens is 616 g/mol. The number of amides is 2. The predicted octanol–water partition coefficient (Wildman–Crippen LogP) is 5.98. The zero-order valence-electron chi connectivity index (χ0n) is 25.0. The molecule has 2 N–H and O–H groups in total. The Balaban J connectivity index is 1.45. The van der Waals surface area contributed by atoms with E-state index in [2.05, 4.69) is 50.7 Å². The normalized spacial score (nSPS) is 14.3. The van der Waals surface area contributed by atoms with Crippen LogP contribution < -0.4 is 10.6 Å². The van der Waals surface area contributed by atoms with Crippen molar-refractivity contribution in [3.63, 3.8) is 0 Å². The van der Waals surface area contributed by atoms with Gasteiger partial charge in [-0.25, -0.2) is 14.3 Å². The second kappa shape index (κ2) is 14.3. The van der Waals surface area contributed by atoms with Gasteiger partial charge in [0.1, 0.15) is 29.1 Å². The Morgan fingerprint density at radius 3 is 2.58 bits per heavy atom. The van der Waals surface area contributed by atoms with Gasteiger partial charge in [-0.05, 0) is 69.3 Å². The number of nitrogens with one attached hydrogen (secondary N) is 2. The topological polar surface area (TPSA) is 137 Å². The van der Waals surface area contributed by atoms with Crippen molar-refractivity contribution in [3.05, 3.63) is 40.9 Å². The highest BCUT2D eigenvalue weighted by Crippen LogP contribution is 2.40. The summed E-state index contributed by atoms with van der Waals surface area (Å²) in [5.41, 5.74) is 2.78. The number of anilines is 1. The van der Waals surface area contributed by atoms with Crippen molar-refractivity contribution in [2.75, 3.05) is 11.9 Å². The van der Waals surface area contributed by atoms with Crippen molar-refractivity contribution >= 4 is 48.9 Å². The average Bonchev–Trinajstić information content (AvgIpc) is 3.57. The predicted molar refractivity (Wildman–Crippen MR) is 164 cm³/mol. The second-order valence-electron chi connectivity index (χ2n) is 12.0. The van der Waals surface area contributed by atoms with E-state index in [0.717, 1.165) is 24.6 Å². The average molecular weight is 655 g/mol. The molecule has 0 unspecified atom stereocenters. The molecule has 1 aliphatic carbocycles. The van der Waals surface area contributed by atoms with E-state index in [1.165, 1.54) is 6.07 Å². The number of alkyl halides is 2. The second-order valence-corrected chi connectivity index (χ2v) is 18.9. The van der Waals surface area contributed by atoms with Gasteiger partial charge in [-0.15, -0.1) is 23.2 Å². The van der Waals surface area contributed by atoms with E-state index in [4.69, 9.17) is 32.6 Å². The number of hydrogen-bond donors (Lipinski definition) is 2. The maximum absolute atomic E-state index is 15.4. The van der Waals surface area contributed by atoms with E-state index >= 15 is 4.39 Å². The lowest BCUT2D eigenvalue weighted by atomic mass is 10.1. The highest BCUT2D eigenvalue weighted by Gasteiger charge is 2.34. The summed E-state index contributed by atoms with van der Waals surface area (Å²) in [5, 5.41) is 17.4. The fourth-order valence-electron chi connectivity index (χ4n) is 4.59. The third-order valence-corrected chi connectivity index (χ3v) is 9.33. The van der Waals surface area contributed by atoms with Gasteiger partial charge in [-0.2, -0.15) is 9.49 Å². The zero-order valence-corrected chi connectivity index (χ0v) is 27.6. The first kappa shape index (κ1) is 33.0. The molecule has 2 amide bonds. The smallest absolute Gasteiger partial charge is 0.276 e. The van der Waals surface area contributed by atoms with E-state index in [-0.39, 0.29) is 36.1 Å². The first-order valence-corrected chi connectivity index (χ1v) is 18.9. The first-order chi connectivity index (χ1) is 20.3. The van der Waals surface area contributed by atoms with Crippen LogP contribution in [0.15, 0.2) is 16.8 Å². The summed E-state index contributed by atoms with van der Waals surface area (Å²) in [7, 11) is -1.22. The highest BCUT2D eigenvalue weighted by atomic mass is 35.5. The summed E-state index contributed by atoms with van der Waals surface area (Å²) in [6, 6.07) is 3.11. The number of aromatic nitrogens is 5. The molecular formula is C28H38Cl2FN7O4Si. The van der Waals surface area contributed by atoms with Gasteiger partial charge in [-0.3, -0.25) is 9.59 Å². The Bertz CT molecular complexity index is 1440. The maximum atomic E-state index is 15.4. The summed E-state index contributed by atoms with van der Waals surface area (Å²) in [4.78, 5) is 29.6. The van der Waals surface area contributed by atoms with Gasteiger partial charge in [0.05, 0.1) is 5.69 Å². The van der Waals surface area contributed by atoms with Gasteiger partial charge in [0.2, 0.25) is 11.9 Å². The number of hydrogen-bond acceptors (Lipinski definition) is 8. The minimum atomic E-state index is -1.22. The van der Waals surface area contributed by atoms with Crippen LogP contribution >= 0.6 is 23.2 Å². The number of carbonyl (C=O) groups excluding carboxylic acids is 2. The minimum Gasteiger partial charge on any atom is -0.360 e. The van der Waals surface area contributed by atoms with Gasteiger partial charge >= 0.3 is 0 Å². The van der Waals surface area contributed by atoms with Gasteiger partial charge in [-0.1, -0.05) is 24.8 Å². The van der Waals surface area contributed by atoms with Gasteiger partial charge in [0.15, 0.2) is 5.69 Å². The van der Waals surface area contributed by atoms with Crippen LogP contribution in [0.25, 0.3) is 11.1 Å². The van der Waals surface area contributed by atoms with Gasteiger partial charge < -0.3 is 15.4 Å². The number of halogens is 3. The molecule has 1 saturated carbocycles. The van der Waals surface area contributed by atoms with Crippen molar-refractivity contribution in [1.29, 1.82) is 0 Å². The Kier molecular flexibility index (Phi) is 11.0. The van der Waals surface area contributed by atoms with Gasteiger partial charge in [0, 0.05) is 37.4 Å².